The van der Waals surface area contributed by atoms with Gasteiger partial charge in [-0.3, -0.25) is 9.10 Å². The SMILES string of the molecule is Cc1ccc(N([C@@H](C)C(=O)NCc2cccc3ccccc23)S(C)(=O)=O)cc1C. The molecule has 3 aromatic carbocycles. The van der Waals surface area contributed by atoms with Gasteiger partial charge in [0.1, 0.15) is 6.04 Å². The molecule has 0 aliphatic heterocycles. The van der Waals surface area contributed by atoms with E-state index in [1.54, 1.807) is 19.1 Å². The molecular weight excluding hydrogens is 384 g/mol. The van der Waals surface area contributed by atoms with Crippen LogP contribution in [0.2, 0.25) is 0 Å². The zero-order valence-electron chi connectivity index (χ0n) is 17.1. The molecule has 5 nitrogen and oxygen atoms in total. The summed E-state index contributed by atoms with van der Waals surface area (Å²) in [5.41, 5.74) is 3.51. The van der Waals surface area contributed by atoms with E-state index in [0.29, 0.717) is 12.2 Å². The van der Waals surface area contributed by atoms with Gasteiger partial charge in [-0.2, -0.15) is 0 Å². The maximum absolute atomic E-state index is 12.8. The fourth-order valence-electron chi connectivity index (χ4n) is 3.45. The minimum Gasteiger partial charge on any atom is -0.350 e. The van der Waals surface area contributed by atoms with Crippen molar-refractivity contribution in [2.45, 2.75) is 33.4 Å². The highest BCUT2D eigenvalue weighted by molar-refractivity contribution is 7.92. The maximum Gasteiger partial charge on any atom is 0.243 e. The number of hydrogen-bond donors (Lipinski definition) is 1. The molecule has 0 aliphatic carbocycles. The van der Waals surface area contributed by atoms with Crippen LogP contribution in [-0.2, 0) is 21.4 Å². The van der Waals surface area contributed by atoms with Gasteiger partial charge >= 0.3 is 0 Å². The second kappa shape index (κ2) is 8.25. The van der Waals surface area contributed by atoms with Gasteiger partial charge in [0.05, 0.1) is 11.9 Å². The summed E-state index contributed by atoms with van der Waals surface area (Å²) in [6.07, 6.45) is 1.12. The van der Waals surface area contributed by atoms with Crippen molar-refractivity contribution in [3.63, 3.8) is 0 Å². The third-order valence-electron chi connectivity index (χ3n) is 5.17. The summed E-state index contributed by atoms with van der Waals surface area (Å²) < 4.78 is 26.1. The number of benzene rings is 3. The molecule has 0 saturated heterocycles. The second-order valence-corrected chi connectivity index (χ2v) is 9.22. The van der Waals surface area contributed by atoms with Crippen LogP contribution in [0.15, 0.2) is 60.7 Å². The largest absolute Gasteiger partial charge is 0.350 e. The predicted octanol–water partition coefficient (Wildman–Crippen LogP) is 3.93. The Balaban J connectivity index is 1.83. The maximum atomic E-state index is 12.8. The van der Waals surface area contributed by atoms with E-state index in [9.17, 15) is 13.2 Å². The van der Waals surface area contributed by atoms with Gasteiger partial charge in [0.15, 0.2) is 0 Å². The van der Waals surface area contributed by atoms with Gasteiger partial charge in [-0.1, -0.05) is 48.5 Å². The molecule has 0 spiro atoms. The van der Waals surface area contributed by atoms with Gasteiger partial charge in [-0.15, -0.1) is 0 Å². The molecule has 1 N–H and O–H groups in total. The number of anilines is 1. The lowest BCUT2D eigenvalue weighted by atomic mass is 10.0. The molecule has 0 radical (unpaired) electrons. The number of carbonyl (C=O) groups is 1. The quantitative estimate of drug-likeness (QED) is 0.670. The van der Waals surface area contributed by atoms with Crippen molar-refractivity contribution >= 4 is 32.4 Å². The molecule has 3 rings (SSSR count). The average Bonchev–Trinajstić information content (AvgIpc) is 2.67. The van der Waals surface area contributed by atoms with Crippen molar-refractivity contribution in [2.24, 2.45) is 0 Å². The third-order valence-corrected chi connectivity index (χ3v) is 6.41. The lowest BCUT2D eigenvalue weighted by molar-refractivity contribution is -0.122. The van der Waals surface area contributed by atoms with Crippen LogP contribution >= 0.6 is 0 Å². The normalized spacial score (nSPS) is 12.6. The molecule has 1 atom stereocenters. The Hall–Kier alpha value is -2.86. The Kier molecular flexibility index (Phi) is 5.94. The van der Waals surface area contributed by atoms with Crippen molar-refractivity contribution in [3.05, 3.63) is 77.4 Å². The van der Waals surface area contributed by atoms with Gasteiger partial charge < -0.3 is 5.32 Å². The highest BCUT2D eigenvalue weighted by atomic mass is 32.2. The van der Waals surface area contributed by atoms with E-state index in [1.807, 2.05) is 62.4 Å². The first-order valence-corrected chi connectivity index (χ1v) is 11.3. The minimum atomic E-state index is -3.64. The molecule has 0 aromatic heterocycles. The lowest BCUT2D eigenvalue weighted by Gasteiger charge is -2.28. The fourth-order valence-corrected chi connectivity index (χ4v) is 4.61. The molecule has 29 heavy (non-hydrogen) atoms. The molecule has 152 valence electrons. The first-order chi connectivity index (χ1) is 13.7. The highest BCUT2D eigenvalue weighted by Crippen LogP contribution is 2.24. The van der Waals surface area contributed by atoms with Crippen LogP contribution in [0.25, 0.3) is 10.8 Å². The van der Waals surface area contributed by atoms with E-state index in [1.165, 1.54) is 4.31 Å². The number of amides is 1. The zero-order valence-corrected chi connectivity index (χ0v) is 18.0. The number of fused-ring (bicyclic) bond motifs is 1. The summed E-state index contributed by atoms with van der Waals surface area (Å²) in [5.74, 6) is -0.346. The van der Waals surface area contributed by atoms with Crippen LogP contribution in [0.3, 0.4) is 0 Å². The molecule has 0 saturated carbocycles. The van der Waals surface area contributed by atoms with E-state index in [-0.39, 0.29) is 5.91 Å². The van der Waals surface area contributed by atoms with Crippen LogP contribution in [0.4, 0.5) is 5.69 Å². The summed E-state index contributed by atoms with van der Waals surface area (Å²) in [6.45, 7) is 5.82. The van der Waals surface area contributed by atoms with Crippen molar-refractivity contribution in [2.75, 3.05) is 10.6 Å². The highest BCUT2D eigenvalue weighted by Gasteiger charge is 2.29. The van der Waals surface area contributed by atoms with Crippen LogP contribution in [-0.4, -0.2) is 26.6 Å². The van der Waals surface area contributed by atoms with E-state index < -0.39 is 16.1 Å². The van der Waals surface area contributed by atoms with E-state index >= 15 is 0 Å². The second-order valence-electron chi connectivity index (χ2n) is 7.36. The number of aryl methyl sites for hydroxylation is 2. The average molecular weight is 411 g/mol. The van der Waals surface area contributed by atoms with Crippen molar-refractivity contribution in [3.8, 4) is 0 Å². The van der Waals surface area contributed by atoms with E-state index in [0.717, 1.165) is 33.7 Å². The number of nitrogens with zero attached hydrogens (tertiary/aromatic N) is 1. The molecular formula is C23H26N2O3S. The Morgan fingerprint density at radius 2 is 1.69 bits per heavy atom. The number of nitrogens with one attached hydrogen (secondary N) is 1. The molecule has 6 heteroatoms. The summed E-state index contributed by atoms with van der Waals surface area (Å²) in [7, 11) is -3.64. The topological polar surface area (TPSA) is 66.5 Å². The van der Waals surface area contributed by atoms with Crippen LogP contribution < -0.4 is 9.62 Å². The van der Waals surface area contributed by atoms with Gasteiger partial charge in [-0.05, 0) is 60.4 Å². The smallest absolute Gasteiger partial charge is 0.243 e. The molecule has 1 amide bonds. The van der Waals surface area contributed by atoms with E-state index in [2.05, 4.69) is 5.32 Å². The number of rotatable bonds is 6. The van der Waals surface area contributed by atoms with Crippen molar-refractivity contribution < 1.29 is 13.2 Å². The first-order valence-electron chi connectivity index (χ1n) is 9.49. The number of carbonyl (C=O) groups excluding carboxylic acids is 1. The Morgan fingerprint density at radius 3 is 2.38 bits per heavy atom. The summed E-state index contributed by atoms with van der Waals surface area (Å²) >= 11 is 0. The van der Waals surface area contributed by atoms with Gasteiger partial charge in [0, 0.05) is 6.54 Å². The molecule has 0 bridgehead atoms. The predicted molar refractivity (Wildman–Crippen MR) is 118 cm³/mol. The van der Waals surface area contributed by atoms with Gasteiger partial charge in [-0.25, -0.2) is 8.42 Å². The summed E-state index contributed by atoms with van der Waals surface area (Å²) in [5, 5.41) is 5.06. The standard InChI is InChI=1S/C23H26N2O3S/c1-16-12-13-21(14-17(16)2)25(29(4,27)28)18(3)23(26)24-15-20-10-7-9-19-8-5-6-11-22(19)20/h5-14,18H,15H2,1-4H3,(H,24,26)/t18-/m0/s1. The minimum absolute atomic E-state index is 0.328. The van der Waals surface area contributed by atoms with Crippen molar-refractivity contribution in [1.82, 2.24) is 5.32 Å². The Labute approximate surface area is 172 Å². The van der Waals surface area contributed by atoms with Crippen LogP contribution in [0.5, 0.6) is 0 Å². The molecule has 0 heterocycles. The Morgan fingerprint density at radius 1 is 1.00 bits per heavy atom. The number of hydrogen-bond acceptors (Lipinski definition) is 3. The molecule has 0 fully saturated rings. The van der Waals surface area contributed by atoms with Gasteiger partial charge in [0.2, 0.25) is 15.9 Å². The van der Waals surface area contributed by atoms with Crippen molar-refractivity contribution in [1.29, 1.82) is 0 Å². The zero-order chi connectivity index (χ0) is 21.2. The number of sulfonamides is 1. The summed E-state index contributed by atoms with van der Waals surface area (Å²) in [4.78, 5) is 12.8. The third kappa shape index (κ3) is 4.59. The van der Waals surface area contributed by atoms with Crippen LogP contribution in [0, 0.1) is 13.8 Å². The molecule has 0 aliphatic rings. The van der Waals surface area contributed by atoms with Crippen LogP contribution in [0.1, 0.15) is 23.6 Å². The molecule has 0 unspecified atom stereocenters. The molecule has 3 aromatic rings. The monoisotopic (exact) mass is 410 g/mol. The Bertz CT molecular complexity index is 1150. The first kappa shape index (κ1) is 20.9. The lowest BCUT2D eigenvalue weighted by Crippen LogP contribution is -2.47. The van der Waals surface area contributed by atoms with E-state index in [4.69, 9.17) is 0 Å². The fraction of sp³-hybridized carbons (Fsp3) is 0.261. The summed E-state index contributed by atoms with van der Waals surface area (Å²) in [6, 6.07) is 18.4. The van der Waals surface area contributed by atoms with Gasteiger partial charge in [0.25, 0.3) is 0 Å².